The predicted molar refractivity (Wildman–Crippen MR) is 117 cm³/mol. The third-order valence-electron chi connectivity index (χ3n) is 4.26. The number of para-hydroxylation sites is 2. The number of fused-ring (bicyclic) bond motifs is 1. The molecule has 150 valence electrons. The van der Waals surface area contributed by atoms with Crippen molar-refractivity contribution in [2.45, 2.75) is 10.6 Å². The topological polar surface area (TPSA) is 75.5 Å². The SMILES string of the molecule is O=C(Nc1ccccc1F)Nc1ccccc1SCc1cc(=O)n2ccccc2n1. The lowest BCUT2D eigenvalue weighted by molar-refractivity contribution is 0.262. The Balaban J connectivity index is 1.48. The standard InChI is InChI=1S/C22H17FN4O2S/c23-16-7-1-2-8-17(16)25-22(29)26-18-9-3-4-10-19(18)30-14-15-13-21(28)27-12-6-5-11-20(27)24-15/h1-13H,14H2,(H2,25,26,29). The van der Waals surface area contributed by atoms with Crippen molar-refractivity contribution >= 4 is 34.8 Å². The van der Waals surface area contributed by atoms with E-state index in [-0.39, 0.29) is 11.2 Å². The molecule has 30 heavy (non-hydrogen) atoms. The summed E-state index contributed by atoms with van der Waals surface area (Å²) in [6, 6.07) is 19.5. The van der Waals surface area contributed by atoms with Gasteiger partial charge in [0.25, 0.3) is 5.56 Å². The molecule has 2 aromatic carbocycles. The van der Waals surface area contributed by atoms with E-state index in [1.807, 2.05) is 18.2 Å². The summed E-state index contributed by atoms with van der Waals surface area (Å²) in [4.78, 5) is 29.8. The lowest BCUT2D eigenvalue weighted by Gasteiger charge is -2.12. The van der Waals surface area contributed by atoms with Crippen LogP contribution in [0.1, 0.15) is 5.69 Å². The Morgan fingerprint density at radius 1 is 0.967 bits per heavy atom. The number of aromatic nitrogens is 2. The summed E-state index contributed by atoms with van der Waals surface area (Å²) in [5.74, 6) is -0.0576. The van der Waals surface area contributed by atoms with Crippen molar-refractivity contribution in [2.75, 3.05) is 10.6 Å². The number of halogens is 1. The summed E-state index contributed by atoms with van der Waals surface area (Å²) in [5.41, 5.74) is 1.75. The number of hydrogen-bond acceptors (Lipinski definition) is 4. The van der Waals surface area contributed by atoms with Gasteiger partial charge in [0, 0.05) is 22.9 Å². The molecule has 2 amide bonds. The van der Waals surface area contributed by atoms with Crippen molar-refractivity contribution in [3.63, 3.8) is 0 Å². The van der Waals surface area contributed by atoms with Crippen LogP contribution in [0.2, 0.25) is 0 Å². The zero-order valence-electron chi connectivity index (χ0n) is 15.7. The largest absolute Gasteiger partial charge is 0.323 e. The Labute approximate surface area is 175 Å². The van der Waals surface area contributed by atoms with E-state index in [2.05, 4.69) is 15.6 Å². The van der Waals surface area contributed by atoms with Gasteiger partial charge in [-0.3, -0.25) is 9.20 Å². The fraction of sp³-hybridized carbons (Fsp3) is 0.0455. The lowest BCUT2D eigenvalue weighted by atomic mass is 10.3. The van der Waals surface area contributed by atoms with Gasteiger partial charge in [-0.05, 0) is 36.4 Å². The molecule has 0 unspecified atom stereocenters. The number of carbonyl (C=O) groups excluding carboxylic acids is 1. The van der Waals surface area contributed by atoms with Gasteiger partial charge in [0.2, 0.25) is 0 Å². The van der Waals surface area contributed by atoms with Gasteiger partial charge in [-0.25, -0.2) is 14.2 Å². The molecule has 8 heteroatoms. The number of urea groups is 1. The number of carbonyl (C=O) groups is 1. The van der Waals surface area contributed by atoms with Crippen LogP contribution in [0, 0.1) is 5.82 Å². The van der Waals surface area contributed by atoms with Crippen LogP contribution in [-0.2, 0) is 5.75 Å². The summed E-state index contributed by atoms with van der Waals surface area (Å²) < 4.78 is 15.2. The minimum Gasteiger partial charge on any atom is -0.307 e. The second kappa shape index (κ2) is 8.79. The van der Waals surface area contributed by atoms with Crippen LogP contribution in [0.4, 0.5) is 20.6 Å². The summed E-state index contributed by atoms with van der Waals surface area (Å²) >= 11 is 1.44. The summed E-state index contributed by atoms with van der Waals surface area (Å²) in [6.45, 7) is 0. The van der Waals surface area contributed by atoms with Crippen molar-refractivity contribution in [3.8, 4) is 0 Å². The molecule has 0 atom stereocenters. The van der Waals surface area contributed by atoms with Crippen molar-refractivity contribution in [2.24, 2.45) is 0 Å². The highest BCUT2D eigenvalue weighted by molar-refractivity contribution is 7.98. The summed E-state index contributed by atoms with van der Waals surface area (Å²) in [6.07, 6.45) is 1.68. The van der Waals surface area contributed by atoms with Gasteiger partial charge in [0.1, 0.15) is 11.5 Å². The minimum absolute atomic E-state index is 0.0981. The summed E-state index contributed by atoms with van der Waals surface area (Å²) in [7, 11) is 0. The van der Waals surface area contributed by atoms with E-state index in [0.717, 1.165) is 4.90 Å². The fourth-order valence-corrected chi connectivity index (χ4v) is 3.76. The first kappa shape index (κ1) is 19.7. The molecule has 0 aliphatic heterocycles. The van der Waals surface area contributed by atoms with E-state index in [9.17, 15) is 14.0 Å². The average Bonchev–Trinajstić information content (AvgIpc) is 2.75. The number of anilines is 2. The average molecular weight is 420 g/mol. The van der Waals surface area contributed by atoms with Gasteiger partial charge in [-0.2, -0.15) is 0 Å². The zero-order chi connectivity index (χ0) is 20.9. The van der Waals surface area contributed by atoms with Gasteiger partial charge in [-0.15, -0.1) is 11.8 Å². The predicted octanol–water partition coefficient (Wildman–Crippen LogP) is 4.77. The van der Waals surface area contributed by atoms with Gasteiger partial charge >= 0.3 is 6.03 Å². The first-order chi connectivity index (χ1) is 14.6. The molecule has 0 radical (unpaired) electrons. The minimum atomic E-state index is -0.546. The number of nitrogens with zero attached hydrogens (tertiary/aromatic N) is 2. The van der Waals surface area contributed by atoms with E-state index < -0.39 is 11.8 Å². The van der Waals surface area contributed by atoms with Gasteiger partial charge in [-0.1, -0.05) is 30.3 Å². The molecular formula is C22H17FN4O2S. The van der Waals surface area contributed by atoms with Crippen LogP contribution in [-0.4, -0.2) is 15.4 Å². The quantitative estimate of drug-likeness (QED) is 0.456. The Bertz CT molecular complexity index is 1280. The first-order valence-corrected chi connectivity index (χ1v) is 10.1. The highest BCUT2D eigenvalue weighted by Crippen LogP contribution is 2.29. The van der Waals surface area contributed by atoms with E-state index in [1.165, 1.54) is 34.4 Å². The van der Waals surface area contributed by atoms with E-state index >= 15 is 0 Å². The molecule has 0 saturated carbocycles. The highest BCUT2D eigenvalue weighted by atomic mass is 32.2. The number of hydrogen-bond donors (Lipinski definition) is 2. The molecule has 4 aromatic rings. The molecule has 0 saturated heterocycles. The van der Waals surface area contributed by atoms with Crippen LogP contribution in [0.5, 0.6) is 0 Å². The van der Waals surface area contributed by atoms with Gasteiger partial charge < -0.3 is 10.6 Å². The number of amides is 2. The maximum Gasteiger partial charge on any atom is 0.323 e. The monoisotopic (exact) mass is 420 g/mol. The number of pyridine rings is 1. The molecular weight excluding hydrogens is 403 g/mol. The first-order valence-electron chi connectivity index (χ1n) is 9.12. The number of benzene rings is 2. The van der Waals surface area contributed by atoms with Gasteiger partial charge in [0.15, 0.2) is 0 Å². The second-order valence-electron chi connectivity index (χ2n) is 6.36. The van der Waals surface area contributed by atoms with E-state index in [0.29, 0.717) is 22.8 Å². The zero-order valence-corrected chi connectivity index (χ0v) is 16.5. The number of nitrogens with one attached hydrogen (secondary N) is 2. The molecule has 4 rings (SSSR count). The van der Waals surface area contributed by atoms with Crippen LogP contribution >= 0.6 is 11.8 Å². The molecule has 0 aliphatic carbocycles. The van der Waals surface area contributed by atoms with Gasteiger partial charge in [0.05, 0.1) is 17.1 Å². The third-order valence-corrected chi connectivity index (χ3v) is 5.36. The molecule has 0 bridgehead atoms. The molecule has 2 heterocycles. The third kappa shape index (κ3) is 4.49. The van der Waals surface area contributed by atoms with Crippen molar-refractivity contribution < 1.29 is 9.18 Å². The smallest absolute Gasteiger partial charge is 0.307 e. The molecule has 0 aliphatic rings. The normalized spacial score (nSPS) is 10.7. The van der Waals surface area contributed by atoms with Crippen LogP contribution in [0.15, 0.2) is 88.7 Å². The molecule has 0 spiro atoms. The van der Waals surface area contributed by atoms with Crippen molar-refractivity contribution in [3.05, 3.63) is 101 Å². The maximum absolute atomic E-state index is 13.7. The van der Waals surface area contributed by atoms with E-state index in [1.54, 1.807) is 42.6 Å². The molecule has 0 fully saturated rings. The van der Waals surface area contributed by atoms with Crippen LogP contribution < -0.4 is 16.2 Å². The number of rotatable bonds is 5. The Kier molecular flexibility index (Phi) is 5.76. The van der Waals surface area contributed by atoms with Crippen LogP contribution in [0.3, 0.4) is 0 Å². The van der Waals surface area contributed by atoms with Crippen molar-refractivity contribution in [1.82, 2.24) is 9.38 Å². The van der Waals surface area contributed by atoms with E-state index in [4.69, 9.17) is 0 Å². The Morgan fingerprint density at radius 3 is 2.50 bits per heavy atom. The fourth-order valence-electron chi connectivity index (χ4n) is 2.86. The summed E-state index contributed by atoms with van der Waals surface area (Å²) in [5, 5.41) is 5.24. The molecule has 2 aromatic heterocycles. The second-order valence-corrected chi connectivity index (χ2v) is 7.38. The molecule has 6 nitrogen and oxygen atoms in total. The van der Waals surface area contributed by atoms with Crippen molar-refractivity contribution in [1.29, 1.82) is 0 Å². The Morgan fingerprint density at radius 2 is 1.67 bits per heavy atom. The molecule has 2 N–H and O–H groups in total. The maximum atomic E-state index is 13.7. The highest BCUT2D eigenvalue weighted by Gasteiger charge is 2.10. The Hall–Kier alpha value is -3.65. The number of thioether (sulfide) groups is 1. The van der Waals surface area contributed by atoms with Crippen LogP contribution in [0.25, 0.3) is 5.65 Å². The lowest BCUT2D eigenvalue weighted by Crippen LogP contribution is -2.20.